The first-order chi connectivity index (χ1) is 8.33. The Labute approximate surface area is 111 Å². The predicted octanol–water partition coefficient (Wildman–Crippen LogP) is 6.96. The Kier molecular flexibility index (Phi) is 67.4. The summed E-state index contributed by atoms with van der Waals surface area (Å²) in [6.45, 7) is 16.6. The Bertz CT molecular complexity index is 103. The average Bonchev–Trinajstić information content (AvgIpc) is 2.46. The van der Waals surface area contributed by atoms with E-state index in [0.717, 1.165) is 0 Å². The van der Waals surface area contributed by atoms with Crippen LogP contribution in [0.3, 0.4) is 0 Å². The van der Waals surface area contributed by atoms with Crippen LogP contribution in [0.5, 0.6) is 0 Å². The lowest BCUT2D eigenvalue weighted by Crippen LogP contribution is -1.47. The van der Waals surface area contributed by atoms with Crippen LogP contribution in [0.25, 0.3) is 0 Å². The molecule has 0 fully saturated rings. The van der Waals surface area contributed by atoms with Crippen molar-refractivity contribution in [3.63, 3.8) is 0 Å². The van der Waals surface area contributed by atoms with E-state index in [1.807, 2.05) is 64.1 Å². The van der Waals surface area contributed by atoms with Gasteiger partial charge in [0.2, 0.25) is 0 Å². The van der Waals surface area contributed by atoms with Gasteiger partial charge in [0.1, 0.15) is 0 Å². The number of hydrogen-bond acceptors (Lipinski definition) is 0. The topological polar surface area (TPSA) is 0 Å². The molecule has 0 bridgehead atoms. The summed E-state index contributed by atoms with van der Waals surface area (Å²) in [6.07, 6.45) is 3.89. The molecule has 0 aliphatic carbocycles. The third-order valence-electron chi connectivity index (χ3n) is 1.17. The molecule has 17 heavy (non-hydrogen) atoms. The van der Waals surface area contributed by atoms with E-state index in [1.54, 1.807) is 0 Å². The van der Waals surface area contributed by atoms with Gasteiger partial charge >= 0.3 is 0 Å². The van der Waals surface area contributed by atoms with Crippen LogP contribution < -0.4 is 0 Å². The molecule has 0 aliphatic rings. The van der Waals surface area contributed by atoms with Gasteiger partial charge in [-0.1, -0.05) is 111 Å². The van der Waals surface area contributed by atoms with E-state index in [0.29, 0.717) is 0 Å². The Hall–Kier alpha value is -0.780. The van der Waals surface area contributed by atoms with Gasteiger partial charge in [0, 0.05) is 0 Å². The van der Waals surface area contributed by atoms with E-state index < -0.39 is 0 Å². The summed E-state index contributed by atoms with van der Waals surface area (Å²) in [5.74, 6) is 0. The molecular formula is C17H36. The maximum atomic E-state index is 2.18. The third-order valence-corrected chi connectivity index (χ3v) is 1.17. The van der Waals surface area contributed by atoms with Crippen molar-refractivity contribution in [2.24, 2.45) is 0 Å². The number of rotatable bonds is 1. The van der Waals surface area contributed by atoms with Gasteiger partial charge in [-0.25, -0.2) is 0 Å². The maximum Gasteiger partial charge on any atom is -0.0564 e. The second kappa shape index (κ2) is 45.5. The van der Waals surface area contributed by atoms with Gasteiger partial charge in [-0.2, -0.15) is 0 Å². The van der Waals surface area contributed by atoms with Gasteiger partial charge < -0.3 is 0 Å². The zero-order chi connectivity index (χ0) is 14.4. The van der Waals surface area contributed by atoms with Crippen molar-refractivity contribution in [1.82, 2.24) is 0 Å². The number of hydrogen-bond donors (Lipinski definition) is 0. The zero-order valence-electron chi connectivity index (χ0n) is 13.6. The Morgan fingerprint density at radius 2 is 0.588 bits per heavy atom. The molecule has 104 valence electrons. The van der Waals surface area contributed by atoms with Gasteiger partial charge in [-0.05, 0) is 0 Å². The normalized spacial score (nSPS) is 6.35. The highest BCUT2D eigenvalue weighted by Gasteiger charge is 1.58. The molecule has 1 aromatic carbocycles. The van der Waals surface area contributed by atoms with Crippen molar-refractivity contribution in [3.05, 3.63) is 36.4 Å². The molecule has 0 unspecified atom stereocenters. The molecule has 0 N–H and O–H groups in total. The van der Waals surface area contributed by atoms with Crippen LogP contribution in [-0.4, -0.2) is 0 Å². The Morgan fingerprint density at radius 1 is 0.471 bits per heavy atom. The molecule has 0 radical (unpaired) electrons. The van der Waals surface area contributed by atoms with Gasteiger partial charge in [0.05, 0.1) is 0 Å². The zero-order valence-corrected chi connectivity index (χ0v) is 13.6. The molecule has 0 aromatic heterocycles. The van der Waals surface area contributed by atoms with Crippen molar-refractivity contribution < 1.29 is 0 Å². The highest BCUT2D eigenvalue weighted by molar-refractivity contribution is 4.99. The molecule has 1 rings (SSSR count). The fraction of sp³-hybridized carbons (Fsp3) is 0.647. The molecule has 0 spiro atoms. The van der Waals surface area contributed by atoms with Crippen molar-refractivity contribution in [3.8, 4) is 0 Å². The van der Waals surface area contributed by atoms with Gasteiger partial charge in [-0.15, -0.1) is 0 Å². The molecule has 0 nitrogen and oxygen atoms in total. The van der Waals surface area contributed by atoms with Crippen LogP contribution >= 0.6 is 0 Å². The highest BCUT2D eigenvalue weighted by Crippen LogP contribution is 1.79. The van der Waals surface area contributed by atoms with E-state index in [1.165, 1.54) is 19.3 Å². The molecule has 0 heteroatoms. The fourth-order valence-electron chi connectivity index (χ4n) is 0.385. The smallest absolute Gasteiger partial charge is 0.0564 e. The van der Waals surface area contributed by atoms with Crippen molar-refractivity contribution in [2.45, 2.75) is 74.7 Å². The van der Waals surface area contributed by atoms with Crippen molar-refractivity contribution >= 4 is 0 Å². The molecule has 1 aromatic rings. The molecule has 0 amide bonds. The van der Waals surface area contributed by atoms with Crippen LogP contribution in [0.1, 0.15) is 74.7 Å². The molecule has 0 saturated carbocycles. The lowest BCUT2D eigenvalue weighted by Gasteiger charge is -1.69. The summed E-state index contributed by atoms with van der Waals surface area (Å²) >= 11 is 0. The standard InChI is InChI=1S/C6H6.C4H10.C3H8.2C2H6/c1-2-4-6-5-3-1;1-3-4-2;1-3-2;2*1-2/h1-6H;3-4H2,1-2H3;3H2,1-2H3;2*1-2H3. The second-order valence-corrected chi connectivity index (χ2v) is 2.86. The summed E-state index contributed by atoms with van der Waals surface area (Å²) in [6, 6.07) is 12.0. The summed E-state index contributed by atoms with van der Waals surface area (Å²) < 4.78 is 0. The minimum absolute atomic E-state index is 1.25. The molecule has 0 atom stereocenters. The van der Waals surface area contributed by atoms with E-state index in [4.69, 9.17) is 0 Å². The SMILES string of the molecule is CC.CC.CCC.CCCC.c1ccccc1. The van der Waals surface area contributed by atoms with Gasteiger partial charge in [0.15, 0.2) is 0 Å². The largest absolute Gasteiger partial charge is 0.0683 e. The minimum Gasteiger partial charge on any atom is -0.0683 e. The van der Waals surface area contributed by atoms with Gasteiger partial charge in [-0.3, -0.25) is 0 Å². The van der Waals surface area contributed by atoms with Crippen LogP contribution in [0.2, 0.25) is 0 Å². The van der Waals surface area contributed by atoms with E-state index in [2.05, 4.69) is 27.7 Å². The molecule has 0 heterocycles. The Balaban J connectivity index is -0.0000000684. The Morgan fingerprint density at radius 3 is 0.647 bits per heavy atom. The van der Waals surface area contributed by atoms with Crippen molar-refractivity contribution in [2.75, 3.05) is 0 Å². The van der Waals surface area contributed by atoms with Crippen LogP contribution in [0.15, 0.2) is 36.4 Å². The monoisotopic (exact) mass is 240 g/mol. The molecule has 0 saturated heterocycles. The maximum absolute atomic E-state index is 2.18. The summed E-state index contributed by atoms with van der Waals surface area (Å²) in [5, 5.41) is 0. The predicted molar refractivity (Wildman–Crippen MR) is 85.7 cm³/mol. The lowest BCUT2D eigenvalue weighted by molar-refractivity contribution is 0.886. The van der Waals surface area contributed by atoms with E-state index in [-0.39, 0.29) is 0 Å². The van der Waals surface area contributed by atoms with E-state index >= 15 is 0 Å². The second-order valence-electron chi connectivity index (χ2n) is 2.86. The average molecular weight is 240 g/mol. The number of benzene rings is 1. The lowest BCUT2D eigenvalue weighted by atomic mass is 10.4. The van der Waals surface area contributed by atoms with Crippen LogP contribution in [0, 0.1) is 0 Å². The molecular weight excluding hydrogens is 204 g/mol. The van der Waals surface area contributed by atoms with Crippen LogP contribution in [0.4, 0.5) is 0 Å². The summed E-state index contributed by atoms with van der Waals surface area (Å²) in [7, 11) is 0. The molecule has 0 aliphatic heterocycles. The quantitative estimate of drug-likeness (QED) is 0.497. The minimum atomic E-state index is 1.25. The fourth-order valence-corrected chi connectivity index (χ4v) is 0.385. The van der Waals surface area contributed by atoms with Crippen LogP contribution in [-0.2, 0) is 0 Å². The van der Waals surface area contributed by atoms with Gasteiger partial charge in [0.25, 0.3) is 0 Å². The first-order valence-corrected chi connectivity index (χ1v) is 7.33. The number of unbranched alkanes of at least 4 members (excludes halogenated alkanes) is 1. The summed E-state index contributed by atoms with van der Waals surface area (Å²) in [4.78, 5) is 0. The first-order valence-electron chi connectivity index (χ1n) is 7.33. The van der Waals surface area contributed by atoms with Crippen molar-refractivity contribution in [1.29, 1.82) is 0 Å². The summed E-state index contributed by atoms with van der Waals surface area (Å²) in [5.41, 5.74) is 0. The third kappa shape index (κ3) is 68.8. The van der Waals surface area contributed by atoms with E-state index in [9.17, 15) is 0 Å². The first kappa shape index (κ1) is 25.2. The highest BCUT2D eigenvalue weighted by atomic mass is 13.6.